The van der Waals surface area contributed by atoms with Crippen LogP contribution in [0.1, 0.15) is 25.5 Å². The van der Waals surface area contributed by atoms with Crippen LogP contribution in [0, 0.1) is 11.3 Å². The molecule has 0 bridgehead atoms. The largest absolute Gasteiger partial charge is 0.457 e. The molecule has 5 rings (SSSR count). The van der Waals surface area contributed by atoms with E-state index in [0.717, 1.165) is 36.7 Å². The molecular weight excluding hydrogens is 434 g/mol. The number of piperidine rings is 1. The second-order valence-electron chi connectivity index (χ2n) is 7.75. The molecule has 1 fully saturated rings. The van der Waals surface area contributed by atoms with Crippen LogP contribution < -0.4 is 0 Å². The van der Waals surface area contributed by atoms with Crippen LogP contribution >= 0.6 is 23.4 Å². The smallest absolute Gasteiger partial charge is 0.283 e. The van der Waals surface area contributed by atoms with Gasteiger partial charge in [0.1, 0.15) is 11.5 Å². The Morgan fingerprint density at radius 1 is 1.19 bits per heavy atom. The van der Waals surface area contributed by atoms with E-state index in [1.54, 1.807) is 18.2 Å². The summed E-state index contributed by atoms with van der Waals surface area (Å²) in [5.41, 5.74) is 0.905. The first-order valence-electron chi connectivity index (χ1n) is 10.1. The van der Waals surface area contributed by atoms with E-state index in [-0.39, 0.29) is 11.4 Å². The highest BCUT2D eigenvalue weighted by Crippen LogP contribution is 2.33. The molecule has 3 aliphatic rings. The molecule has 0 atom stereocenters. The number of hydrogen-bond acceptors (Lipinski definition) is 6. The van der Waals surface area contributed by atoms with Crippen LogP contribution in [-0.4, -0.2) is 45.1 Å². The van der Waals surface area contributed by atoms with Gasteiger partial charge in [-0.1, -0.05) is 30.7 Å². The van der Waals surface area contributed by atoms with Gasteiger partial charge in [-0.05, 0) is 60.9 Å². The van der Waals surface area contributed by atoms with Crippen molar-refractivity contribution in [2.45, 2.75) is 19.8 Å². The summed E-state index contributed by atoms with van der Waals surface area (Å²) in [7, 11) is 0. The van der Waals surface area contributed by atoms with Gasteiger partial charge >= 0.3 is 0 Å². The Morgan fingerprint density at radius 2 is 1.97 bits per heavy atom. The molecule has 0 radical (unpaired) electrons. The molecule has 0 spiro atoms. The van der Waals surface area contributed by atoms with Crippen molar-refractivity contribution in [1.29, 1.82) is 5.41 Å². The maximum atomic E-state index is 12.6. The Bertz CT molecular complexity index is 1160. The summed E-state index contributed by atoms with van der Waals surface area (Å²) >= 11 is 7.59. The molecule has 0 saturated carbocycles. The third-order valence-electron chi connectivity index (χ3n) is 5.55. The number of nitrogens with zero attached hydrogens (tertiary/aromatic N) is 4. The van der Waals surface area contributed by atoms with Gasteiger partial charge in [0.2, 0.25) is 5.17 Å². The number of carbonyl (C=O) groups is 1. The van der Waals surface area contributed by atoms with E-state index < -0.39 is 5.91 Å². The second kappa shape index (κ2) is 8.01. The molecule has 1 N–H and O–H groups in total. The molecule has 1 saturated heterocycles. The van der Waals surface area contributed by atoms with Crippen molar-refractivity contribution in [2.75, 3.05) is 13.1 Å². The number of rotatable bonds is 2. The van der Waals surface area contributed by atoms with Crippen LogP contribution in [0.2, 0.25) is 5.02 Å². The normalized spacial score (nSPS) is 20.9. The Hall–Kier alpha value is -2.84. The lowest BCUT2D eigenvalue weighted by Gasteiger charge is -2.30. The number of amides is 1. The number of halogens is 1. The summed E-state index contributed by atoms with van der Waals surface area (Å²) in [6.07, 6.45) is 3.76. The number of aliphatic imine (C=N–C) groups is 1. The Morgan fingerprint density at radius 3 is 2.74 bits per heavy atom. The predicted octanol–water partition coefficient (Wildman–Crippen LogP) is 4.91. The molecule has 4 heterocycles. The number of furan rings is 1. The average Bonchev–Trinajstić information content (AvgIpc) is 3.39. The predicted molar refractivity (Wildman–Crippen MR) is 124 cm³/mol. The highest BCUT2D eigenvalue weighted by atomic mass is 35.5. The topological polar surface area (TPSA) is 85.3 Å². The molecule has 1 amide bonds. The first kappa shape index (κ1) is 20.1. The maximum absolute atomic E-state index is 12.6. The molecular formula is C22H20ClN5O2S. The first-order chi connectivity index (χ1) is 15.0. The van der Waals surface area contributed by atoms with Crippen LogP contribution in [0.5, 0.6) is 0 Å². The number of likely N-dealkylation sites (tertiary alicyclic amines) is 1. The van der Waals surface area contributed by atoms with Gasteiger partial charge in [0.25, 0.3) is 5.91 Å². The van der Waals surface area contributed by atoms with Crippen LogP contribution in [0.3, 0.4) is 0 Å². The van der Waals surface area contributed by atoms with Crippen LogP contribution in [0.25, 0.3) is 17.4 Å². The molecule has 31 heavy (non-hydrogen) atoms. The lowest BCUT2D eigenvalue weighted by Crippen LogP contribution is -2.36. The van der Waals surface area contributed by atoms with Gasteiger partial charge in [0.15, 0.2) is 11.0 Å². The molecule has 0 aliphatic carbocycles. The fourth-order valence-corrected chi connectivity index (χ4v) is 4.86. The summed E-state index contributed by atoms with van der Waals surface area (Å²) in [5.74, 6) is 1.28. The lowest BCUT2D eigenvalue weighted by atomic mass is 10.00. The molecule has 1 aromatic carbocycles. The fourth-order valence-electron chi connectivity index (χ4n) is 3.69. The quantitative estimate of drug-likeness (QED) is 0.653. The van der Waals surface area contributed by atoms with Crippen molar-refractivity contribution < 1.29 is 9.21 Å². The number of hydrogen-bond donors (Lipinski definition) is 1. The monoisotopic (exact) mass is 453 g/mol. The van der Waals surface area contributed by atoms with Crippen LogP contribution in [-0.2, 0) is 4.79 Å². The number of carbonyl (C=O) groups excluding carboxylic acids is 1. The van der Waals surface area contributed by atoms with Crippen molar-refractivity contribution in [3.05, 3.63) is 52.8 Å². The average molecular weight is 454 g/mol. The summed E-state index contributed by atoms with van der Waals surface area (Å²) in [6.45, 7) is 4.11. The van der Waals surface area contributed by atoms with Gasteiger partial charge in [-0.25, -0.2) is 0 Å². The van der Waals surface area contributed by atoms with Crippen LogP contribution in [0.15, 0.2) is 56.5 Å². The van der Waals surface area contributed by atoms with E-state index in [1.807, 2.05) is 18.2 Å². The number of fused-ring (bicyclic) bond motifs is 1. The van der Waals surface area contributed by atoms with E-state index in [4.69, 9.17) is 21.4 Å². The third kappa shape index (κ3) is 3.81. The number of benzene rings is 1. The Balaban J connectivity index is 1.40. The molecule has 3 aliphatic heterocycles. The van der Waals surface area contributed by atoms with E-state index >= 15 is 0 Å². The van der Waals surface area contributed by atoms with E-state index in [1.165, 1.54) is 22.8 Å². The highest BCUT2D eigenvalue weighted by molar-refractivity contribution is 8.26. The maximum Gasteiger partial charge on any atom is 0.283 e. The van der Waals surface area contributed by atoms with Gasteiger partial charge in [0, 0.05) is 18.7 Å². The minimum absolute atomic E-state index is 0.00132. The molecule has 1 aromatic heterocycles. The van der Waals surface area contributed by atoms with Crippen molar-refractivity contribution in [1.82, 2.24) is 9.91 Å². The second-order valence-corrected chi connectivity index (χ2v) is 9.10. The summed E-state index contributed by atoms with van der Waals surface area (Å²) in [4.78, 5) is 19.0. The zero-order chi connectivity index (χ0) is 21.5. The van der Waals surface area contributed by atoms with Gasteiger partial charge in [-0.2, -0.15) is 10.0 Å². The fraction of sp³-hybridized carbons (Fsp3) is 0.273. The van der Waals surface area contributed by atoms with Gasteiger partial charge in [0.05, 0.1) is 10.6 Å². The number of thioether (sulfide) groups is 1. The Labute approximate surface area is 189 Å². The van der Waals surface area contributed by atoms with Gasteiger partial charge in [-0.3, -0.25) is 10.2 Å². The molecule has 9 heteroatoms. The molecule has 0 unspecified atom stereocenters. The van der Waals surface area contributed by atoms with Crippen molar-refractivity contribution in [3.63, 3.8) is 0 Å². The van der Waals surface area contributed by atoms with Crippen molar-refractivity contribution in [3.8, 4) is 11.3 Å². The SMILES string of the molecule is CC1CCN(C2=NN3C(=N)/C(=C\c4ccc(-c5ccccc5Cl)o4)C(=O)N=C3S2)CC1. The summed E-state index contributed by atoms with van der Waals surface area (Å²) in [6, 6.07) is 10.9. The van der Waals surface area contributed by atoms with E-state index in [2.05, 4.69) is 21.9 Å². The summed E-state index contributed by atoms with van der Waals surface area (Å²) in [5, 5.41) is 16.4. The molecule has 158 valence electrons. The van der Waals surface area contributed by atoms with Gasteiger partial charge < -0.3 is 9.32 Å². The number of hydrazone groups is 1. The molecule has 2 aromatic rings. The number of nitrogens with one attached hydrogen (secondary N) is 1. The lowest BCUT2D eigenvalue weighted by molar-refractivity contribution is -0.114. The van der Waals surface area contributed by atoms with Crippen molar-refractivity contribution >= 4 is 51.5 Å². The van der Waals surface area contributed by atoms with Crippen molar-refractivity contribution in [2.24, 2.45) is 16.0 Å². The van der Waals surface area contributed by atoms with Gasteiger partial charge in [-0.15, -0.1) is 5.10 Å². The zero-order valence-corrected chi connectivity index (χ0v) is 18.4. The first-order valence-corrected chi connectivity index (χ1v) is 11.3. The highest BCUT2D eigenvalue weighted by Gasteiger charge is 2.38. The minimum Gasteiger partial charge on any atom is -0.457 e. The summed E-state index contributed by atoms with van der Waals surface area (Å²) < 4.78 is 5.86. The third-order valence-corrected chi connectivity index (χ3v) is 6.85. The molecule has 7 nitrogen and oxygen atoms in total. The van der Waals surface area contributed by atoms with E-state index in [9.17, 15) is 4.79 Å². The van der Waals surface area contributed by atoms with Crippen LogP contribution in [0.4, 0.5) is 0 Å². The zero-order valence-electron chi connectivity index (χ0n) is 16.8. The standard InChI is InChI=1S/C22H20ClN5O2S/c1-13-8-10-27(11-9-13)22-26-28-19(24)16(20(29)25-21(28)31-22)12-14-6-7-18(30-14)15-4-2-3-5-17(15)23/h2-7,12-13,24H,8-11H2,1H3/b16-12+,24-19?. The number of amidine groups is 3. The minimum atomic E-state index is -0.469. The van der Waals surface area contributed by atoms with E-state index in [0.29, 0.717) is 27.6 Å². The Kier molecular flexibility index (Phi) is 5.19.